The van der Waals surface area contributed by atoms with E-state index in [9.17, 15) is 35.8 Å². The van der Waals surface area contributed by atoms with E-state index in [1.807, 2.05) is 0 Å². The second-order valence-corrected chi connectivity index (χ2v) is 4.57. The van der Waals surface area contributed by atoms with E-state index in [1.165, 1.54) is 24.3 Å². The molecule has 21 heavy (non-hydrogen) atoms. The van der Waals surface area contributed by atoms with Crippen LogP contribution in [0.25, 0.3) is 0 Å². The van der Waals surface area contributed by atoms with Crippen molar-refractivity contribution >= 4 is 0 Å². The monoisotopic (exact) mass is 318 g/mol. The van der Waals surface area contributed by atoms with E-state index in [2.05, 4.69) is 0 Å². The summed E-state index contributed by atoms with van der Waals surface area (Å²) in [6.45, 7) is 1.61. The molecule has 0 fully saturated rings. The number of aliphatic hydroxyl groups is 1. The molecule has 1 atom stereocenters. The molecule has 0 aromatic heterocycles. The van der Waals surface area contributed by atoms with Crippen molar-refractivity contribution < 1.29 is 35.8 Å². The largest absolute Gasteiger partial charge is 0.431 e. The Morgan fingerprint density at radius 3 is 1.86 bits per heavy atom. The molecule has 1 aromatic rings. The molecule has 1 rings (SSSR count). The summed E-state index contributed by atoms with van der Waals surface area (Å²) in [5.41, 5.74) is -5.24. The number of hydrogen-bond acceptors (Lipinski definition) is 1. The molecule has 0 bridgehead atoms. The molecular formula is C13H13F7O. The third kappa shape index (κ3) is 3.48. The van der Waals surface area contributed by atoms with E-state index in [4.69, 9.17) is 0 Å². The lowest BCUT2D eigenvalue weighted by molar-refractivity contribution is -0.347. The summed E-state index contributed by atoms with van der Waals surface area (Å²) in [7, 11) is 0. The van der Waals surface area contributed by atoms with Gasteiger partial charge in [0.2, 0.25) is 0 Å². The molecule has 1 aromatic carbocycles. The topological polar surface area (TPSA) is 20.2 Å². The summed E-state index contributed by atoms with van der Waals surface area (Å²) >= 11 is 0. The number of halogens is 7. The van der Waals surface area contributed by atoms with Crippen LogP contribution in [0.1, 0.15) is 30.6 Å². The van der Waals surface area contributed by atoms with Gasteiger partial charge < -0.3 is 5.11 Å². The highest BCUT2D eigenvalue weighted by Crippen LogP contribution is 2.50. The summed E-state index contributed by atoms with van der Waals surface area (Å²) in [5.74, 6) is 0. The van der Waals surface area contributed by atoms with Gasteiger partial charge in [-0.05, 0) is 17.5 Å². The summed E-state index contributed by atoms with van der Waals surface area (Å²) < 4.78 is 88.3. The van der Waals surface area contributed by atoms with Gasteiger partial charge in [0.1, 0.15) is 0 Å². The molecule has 0 aliphatic heterocycles. The van der Waals surface area contributed by atoms with Crippen molar-refractivity contribution in [3.05, 3.63) is 35.4 Å². The van der Waals surface area contributed by atoms with Gasteiger partial charge in [-0.3, -0.25) is 0 Å². The van der Waals surface area contributed by atoms with Crippen molar-refractivity contribution in [2.75, 3.05) is 0 Å². The first-order valence-electron chi connectivity index (χ1n) is 6.02. The molecule has 8 heteroatoms. The summed E-state index contributed by atoms with van der Waals surface area (Å²) in [6, 6.07) is 5.49. The highest BCUT2D eigenvalue weighted by molar-refractivity contribution is 5.29. The lowest BCUT2D eigenvalue weighted by Gasteiger charge is -2.32. The molecule has 120 valence electrons. The zero-order valence-electron chi connectivity index (χ0n) is 10.9. The predicted molar refractivity (Wildman–Crippen MR) is 61.3 cm³/mol. The Labute approximate surface area is 116 Å². The van der Waals surface area contributed by atoms with Crippen molar-refractivity contribution in [2.24, 2.45) is 0 Å². The van der Waals surface area contributed by atoms with Crippen LogP contribution in [0.5, 0.6) is 0 Å². The Morgan fingerprint density at radius 2 is 1.43 bits per heavy atom. The maximum Gasteiger partial charge on any atom is 0.431 e. The molecule has 1 unspecified atom stereocenters. The van der Waals surface area contributed by atoms with E-state index >= 15 is 0 Å². The third-order valence-electron chi connectivity index (χ3n) is 3.17. The molecule has 0 radical (unpaired) electrons. The number of hydrogen-bond donors (Lipinski definition) is 1. The van der Waals surface area contributed by atoms with E-state index < -0.39 is 30.5 Å². The average molecular weight is 318 g/mol. The number of aliphatic hydroxyl groups excluding tert-OH is 1. The van der Waals surface area contributed by atoms with Crippen LogP contribution in [0, 0.1) is 0 Å². The minimum atomic E-state index is -6.16. The second-order valence-electron chi connectivity index (χ2n) is 4.57. The molecule has 0 heterocycles. The van der Waals surface area contributed by atoms with Crippen molar-refractivity contribution in [2.45, 2.75) is 43.9 Å². The molecule has 0 amide bonds. The minimum Gasteiger partial charge on any atom is -0.388 e. The summed E-state index contributed by atoms with van der Waals surface area (Å²) in [6.07, 6.45) is -16.4. The van der Waals surface area contributed by atoms with Crippen LogP contribution in [-0.4, -0.2) is 23.1 Å². The van der Waals surface area contributed by atoms with Crippen molar-refractivity contribution in [3.8, 4) is 0 Å². The van der Waals surface area contributed by atoms with Crippen molar-refractivity contribution in [1.82, 2.24) is 0 Å². The van der Waals surface area contributed by atoms with Gasteiger partial charge in [-0.2, -0.15) is 26.3 Å². The first-order chi connectivity index (χ1) is 9.44. The zero-order valence-corrected chi connectivity index (χ0v) is 10.9. The Kier molecular flexibility index (Phi) is 4.92. The molecular weight excluding hydrogens is 305 g/mol. The SMILES string of the molecule is CCc1ccccc1C(O)CC(F)(C(F)(F)F)C(F)(F)F. The lowest BCUT2D eigenvalue weighted by Crippen LogP contribution is -2.54. The number of benzene rings is 1. The van der Waals surface area contributed by atoms with Crippen LogP contribution in [0.4, 0.5) is 30.7 Å². The average Bonchev–Trinajstić information content (AvgIpc) is 2.35. The maximum absolute atomic E-state index is 13.6. The Balaban J connectivity index is 3.16. The zero-order chi connectivity index (χ0) is 16.5. The van der Waals surface area contributed by atoms with Gasteiger partial charge in [0.05, 0.1) is 6.10 Å². The Bertz CT molecular complexity index is 464. The molecule has 0 spiro atoms. The van der Waals surface area contributed by atoms with Crippen LogP contribution in [0.3, 0.4) is 0 Å². The fourth-order valence-corrected chi connectivity index (χ4v) is 1.95. The van der Waals surface area contributed by atoms with Gasteiger partial charge in [0.15, 0.2) is 0 Å². The van der Waals surface area contributed by atoms with Crippen LogP contribution < -0.4 is 0 Å². The standard InChI is InChI=1S/C13H13F7O/c1-2-8-5-3-4-6-9(8)10(21)7-11(14,12(15,16)17)13(18,19)20/h3-6,10,21H,2,7H2,1H3. The van der Waals surface area contributed by atoms with Crippen molar-refractivity contribution in [1.29, 1.82) is 0 Å². The summed E-state index contributed by atoms with van der Waals surface area (Å²) in [4.78, 5) is 0. The van der Waals surface area contributed by atoms with Crippen LogP contribution >= 0.6 is 0 Å². The van der Waals surface area contributed by atoms with Gasteiger partial charge in [-0.25, -0.2) is 4.39 Å². The van der Waals surface area contributed by atoms with Gasteiger partial charge >= 0.3 is 18.0 Å². The quantitative estimate of drug-likeness (QED) is 0.810. The molecule has 0 aliphatic carbocycles. The van der Waals surface area contributed by atoms with E-state index in [0.29, 0.717) is 5.56 Å². The first-order valence-corrected chi connectivity index (χ1v) is 6.02. The van der Waals surface area contributed by atoms with E-state index in [-0.39, 0.29) is 12.0 Å². The van der Waals surface area contributed by atoms with Gasteiger partial charge in [0.25, 0.3) is 0 Å². The summed E-state index contributed by atoms with van der Waals surface area (Å²) in [5, 5.41) is 9.65. The van der Waals surface area contributed by atoms with Crippen LogP contribution in [0.15, 0.2) is 24.3 Å². The fraction of sp³-hybridized carbons (Fsp3) is 0.538. The second kappa shape index (κ2) is 5.82. The highest BCUT2D eigenvalue weighted by Gasteiger charge is 2.72. The van der Waals surface area contributed by atoms with Crippen LogP contribution in [0.2, 0.25) is 0 Å². The van der Waals surface area contributed by atoms with E-state index in [0.717, 1.165) is 0 Å². The molecule has 0 saturated heterocycles. The smallest absolute Gasteiger partial charge is 0.388 e. The maximum atomic E-state index is 13.6. The fourth-order valence-electron chi connectivity index (χ4n) is 1.95. The minimum absolute atomic E-state index is 0.143. The number of aryl methyl sites for hydroxylation is 1. The Hall–Kier alpha value is -1.31. The molecule has 1 nitrogen and oxygen atoms in total. The lowest BCUT2D eigenvalue weighted by atomic mass is 9.90. The normalized spacial score (nSPS) is 15.1. The Morgan fingerprint density at radius 1 is 0.952 bits per heavy atom. The van der Waals surface area contributed by atoms with Gasteiger partial charge in [-0.1, -0.05) is 31.2 Å². The number of alkyl halides is 7. The molecule has 1 N–H and O–H groups in total. The molecule has 0 saturated carbocycles. The van der Waals surface area contributed by atoms with Crippen molar-refractivity contribution in [3.63, 3.8) is 0 Å². The van der Waals surface area contributed by atoms with Gasteiger partial charge in [-0.15, -0.1) is 0 Å². The number of rotatable bonds is 4. The van der Waals surface area contributed by atoms with Gasteiger partial charge in [0, 0.05) is 6.42 Å². The van der Waals surface area contributed by atoms with Crippen LogP contribution in [-0.2, 0) is 6.42 Å². The third-order valence-corrected chi connectivity index (χ3v) is 3.17. The molecule has 0 aliphatic rings. The van der Waals surface area contributed by atoms with E-state index in [1.54, 1.807) is 6.92 Å². The first kappa shape index (κ1) is 17.7. The predicted octanol–water partition coefficient (Wildman–Crippen LogP) is 4.51. The highest BCUT2D eigenvalue weighted by atomic mass is 19.4.